The summed E-state index contributed by atoms with van der Waals surface area (Å²) in [6.07, 6.45) is 0. The molecule has 4 aromatic rings. The van der Waals surface area contributed by atoms with E-state index in [2.05, 4.69) is 0 Å². The van der Waals surface area contributed by atoms with Crippen LogP contribution in [0.25, 0.3) is 21.5 Å². The zero-order valence-electron chi connectivity index (χ0n) is 12.2. The van der Waals surface area contributed by atoms with E-state index in [0.717, 1.165) is 27.3 Å². The average molecular weight is 302 g/mol. The average Bonchev–Trinajstić information content (AvgIpc) is 2.54. The molecule has 0 aliphatic heterocycles. The summed E-state index contributed by atoms with van der Waals surface area (Å²) in [5.74, 6) is 1.92. The predicted molar refractivity (Wildman–Crippen MR) is 91.3 cm³/mol. The summed E-state index contributed by atoms with van der Waals surface area (Å²) < 4.78 is 5.92. The SMILES string of the molecule is Oc1ccc2cc(Oc3ccc4ccc(O)cc4c3)ccc2c1. The summed E-state index contributed by atoms with van der Waals surface area (Å²) in [5.41, 5.74) is 0. The van der Waals surface area contributed by atoms with Crippen molar-refractivity contribution in [2.75, 3.05) is 0 Å². The normalized spacial score (nSPS) is 11.0. The molecular weight excluding hydrogens is 288 g/mol. The van der Waals surface area contributed by atoms with E-state index in [1.165, 1.54) is 0 Å². The molecule has 0 unspecified atom stereocenters. The van der Waals surface area contributed by atoms with Crippen molar-refractivity contribution in [1.82, 2.24) is 0 Å². The van der Waals surface area contributed by atoms with Gasteiger partial charge in [0.25, 0.3) is 0 Å². The monoisotopic (exact) mass is 302 g/mol. The van der Waals surface area contributed by atoms with Crippen LogP contribution >= 0.6 is 0 Å². The van der Waals surface area contributed by atoms with Gasteiger partial charge in [-0.15, -0.1) is 0 Å². The third kappa shape index (κ3) is 2.64. The minimum Gasteiger partial charge on any atom is -0.508 e. The van der Waals surface area contributed by atoms with E-state index < -0.39 is 0 Å². The first-order valence-corrected chi connectivity index (χ1v) is 7.31. The van der Waals surface area contributed by atoms with Crippen molar-refractivity contribution < 1.29 is 14.9 Å². The lowest BCUT2D eigenvalue weighted by molar-refractivity contribution is 0.475. The minimum atomic E-state index is 0.236. The number of hydrogen-bond acceptors (Lipinski definition) is 3. The van der Waals surface area contributed by atoms with Crippen molar-refractivity contribution in [2.24, 2.45) is 0 Å². The van der Waals surface area contributed by atoms with E-state index in [4.69, 9.17) is 4.74 Å². The maximum Gasteiger partial charge on any atom is 0.128 e. The molecule has 0 radical (unpaired) electrons. The summed E-state index contributed by atoms with van der Waals surface area (Å²) in [6.45, 7) is 0. The Bertz CT molecular complexity index is 1020. The van der Waals surface area contributed by atoms with Gasteiger partial charge < -0.3 is 14.9 Å². The van der Waals surface area contributed by atoms with Crippen LogP contribution in [0.15, 0.2) is 72.8 Å². The van der Waals surface area contributed by atoms with Crippen LogP contribution in [0.1, 0.15) is 0 Å². The Balaban J connectivity index is 1.70. The predicted octanol–water partition coefficient (Wildman–Crippen LogP) is 5.20. The summed E-state index contributed by atoms with van der Waals surface area (Å²) in [7, 11) is 0. The summed E-state index contributed by atoms with van der Waals surface area (Å²) in [6, 6.07) is 22.0. The van der Waals surface area contributed by atoms with Gasteiger partial charge >= 0.3 is 0 Å². The molecule has 0 spiro atoms. The Kier molecular flexibility index (Phi) is 3.05. The van der Waals surface area contributed by atoms with Crippen LogP contribution < -0.4 is 4.74 Å². The van der Waals surface area contributed by atoms with Gasteiger partial charge in [0.1, 0.15) is 23.0 Å². The third-order valence-electron chi connectivity index (χ3n) is 3.83. The zero-order chi connectivity index (χ0) is 15.8. The second-order valence-corrected chi connectivity index (χ2v) is 5.49. The highest BCUT2D eigenvalue weighted by molar-refractivity contribution is 5.86. The molecule has 0 saturated heterocycles. The van der Waals surface area contributed by atoms with Gasteiger partial charge in [-0.25, -0.2) is 0 Å². The second-order valence-electron chi connectivity index (χ2n) is 5.49. The standard InChI is InChI=1S/C20H14O3/c21-17-6-2-15-11-19(8-4-14(15)9-17)23-20-7-3-13-1-5-18(22)10-16(13)12-20/h1-12,21-22H. The molecular formula is C20H14O3. The van der Waals surface area contributed by atoms with E-state index in [-0.39, 0.29) is 11.5 Å². The van der Waals surface area contributed by atoms with Crippen molar-refractivity contribution in [1.29, 1.82) is 0 Å². The van der Waals surface area contributed by atoms with E-state index >= 15 is 0 Å². The molecule has 0 heterocycles. The Morgan fingerprint density at radius 3 is 1.70 bits per heavy atom. The fraction of sp³-hybridized carbons (Fsp3) is 0. The van der Waals surface area contributed by atoms with E-state index in [1.807, 2.05) is 48.5 Å². The van der Waals surface area contributed by atoms with Gasteiger partial charge in [0.2, 0.25) is 0 Å². The lowest BCUT2D eigenvalue weighted by Gasteiger charge is -2.08. The molecule has 0 atom stereocenters. The van der Waals surface area contributed by atoms with E-state index in [0.29, 0.717) is 5.75 Å². The number of aromatic hydroxyl groups is 2. The van der Waals surface area contributed by atoms with Gasteiger partial charge in [0.15, 0.2) is 0 Å². The molecule has 2 N–H and O–H groups in total. The molecule has 4 aromatic carbocycles. The van der Waals surface area contributed by atoms with Gasteiger partial charge in [0, 0.05) is 0 Å². The Labute approximate surface area is 133 Å². The van der Waals surface area contributed by atoms with Gasteiger partial charge in [-0.1, -0.05) is 24.3 Å². The van der Waals surface area contributed by atoms with Crippen molar-refractivity contribution in [2.45, 2.75) is 0 Å². The Hall–Kier alpha value is -3.20. The number of fused-ring (bicyclic) bond motifs is 2. The lowest BCUT2D eigenvalue weighted by atomic mass is 10.1. The van der Waals surface area contributed by atoms with Gasteiger partial charge in [-0.2, -0.15) is 0 Å². The molecule has 23 heavy (non-hydrogen) atoms. The van der Waals surface area contributed by atoms with Crippen LogP contribution in [-0.2, 0) is 0 Å². The highest BCUT2D eigenvalue weighted by Gasteiger charge is 2.03. The van der Waals surface area contributed by atoms with Crippen LogP contribution in [0.2, 0.25) is 0 Å². The molecule has 0 saturated carbocycles. The first kappa shape index (κ1) is 13.5. The summed E-state index contributed by atoms with van der Waals surface area (Å²) >= 11 is 0. The van der Waals surface area contributed by atoms with Crippen LogP contribution in [0, 0.1) is 0 Å². The maximum atomic E-state index is 9.59. The molecule has 0 aliphatic rings. The molecule has 0 fully saturated rings. The maximum absolute atomic E-state index is 9.59. The van der Waals surface area contributed by atoms with Crippen molar-refractivity contribution in [3.05, 3.63) is 72.8 Å². The fourth-order valence-electron chi connectivity index (χ4n) is 2.69. The van der Waals surface area contributed by atoms with Crippen LogP contribution in [0.5, 0.6) is 23.0 Å². The van der Waals surface area contributed by atoms with Crippen molar-refractivity contribution in [3.63, 3.8) is 0 Å². The molecule has 112 valence electrons. The summed E-state index contributed by atoms with van der Waals surface area (Å²) in [5, 5.41) is 23.0. The number of rotatable bonds is 2. The van der Waals surface area contributed by atoms with Crippen LogP contribution in [0.4, 0.5) is 0 Å². The number of hydrogen-bond donors (Lipinski definition) is 2. The number of ether oxygens (including phenoxy) is 1. The fourth-order valence-corrected chi connectivity index (χ4v) is 2.69. The van der Waals surface area contributed by atoms with E-state index in [9.17, 15) is 10.2 Å². The first-order chi connectivity index (χ1) is 11.2. The van der Waals surface area contributed by atoms with Gasteiger partial charge in [-0.3, -0.25) is 0 Å². The van der Waals surface area contributed by atoms with Crippen LogP contribution in [0.3, 0.4) is 0 Å². The molecule has 0 aliphatic carbocycles. The van der Waals surface area contributed by atoms with Gasteiger partial charge in [0.05, 0.1) is 0 Å². The molecule has 0 aromatic heterocycles. The molecule has 0 amide bonds. The smallest absolute Gasteiger partial charge is 0.128 e. The van der Waals surface area contributed by atoms with Crippen LogP contribution in [-0.4, -0.2) is 10.2 Å². The molecule has 3 nitrogen and oxygen atoms in total. The topological polar surface area (TPSA) is 49.7 Å². The molecule has 0 bridgehead atoms. The number of phenolic OH excluding ortho intramolecular Hbond substituents is 2. The highest BCUT2D eigenvalue weighted by Crippen LogP contribution is 2.30. The highest BCUT2D eigenvalue weighted by atomic mass is 16.5. The minimum absolute atomic E-state index is 0.236. The van der Waals surface area contributed by atoms with Crippen molar-refractivity contribution >= 4 is 21.5 Å². The third-order valence-corrected chi connectivity index (χ3v) is 3.83. The zero-order valence-corrected chi connectivity index (χ0v) is 12.2. The molecule has 3 heteroatoms. The Morgan fingerprint density at radius 1 is 0.478 bits per heavy atom. The lowest BCUT2D eigenvalue weighted by Crippen LogP contribution is -1.85. The number of phenols is 2. The number of benzene rings is 4. The van der Waals surface area contributed by atoms with Crippen molar-refractivity contribution in [3.8, 4) is 23.0 Å². The molecule has 4 rings (SSSR count). The van der Waals surface area contributed by atoms with E-state index in [1.54, 1.807) is 24.3 Å². The summed E-state index contributed by atoms with van der Waals surface area (Å²) in [4.78, 5) is 0. The van der Waals surface area contributed by atoms with Gasteiger partial charge in [-0.05, 0) is 70.1 Å². The quantitative estimate of drug-likeness (QED) is 0.535. The first-order valence-electron chi connectivity index (χ1n) is 7.31. The second kappa shape index (κ2) is 5.21. The Morgan fingerprint density at radius 2 is 0.957 bits per heavy atom. The largest absolute Gasteiger partial charge is 0.508 e.